The summed E-state index contributed by atoms with van der Waals surface area (Å²) >= 11 is 0. The number of hydrogen-bond donors (Lipinski definition) is 1. The van der Waals surface area contributed by atoms with Crippen molar-refractivity contribution in [2.45, 2.75) is 40.2 Å². The summed E-state index contributed by atoms with van der Waals surface area (Å²) < 4.78 is 0. The Morgan fingerprint density at radius 1 is 1.20 bits per heavy atom. The molecule has 1 heteroatoms. The summed E-state index contributed by atoms with van der Waals surface area (Å²) in [6.07, 6.45) is 0.721. The zero-order valence-electron chi connectivity index (χ0n) is 10.2. The summed E-state index contributed by atoms with van der Waals surface area (Å²) in [6, 6.07) is 9.92. The van der Waals surface area contributed by atoms with Gasteiger partial charge in [-0.05, 0) is 16.9 Å². The maximum Gasteiger partial charge on any atom is 0.0820 e. The van der Waals surface area contributed by atoms with Crippen LogP contribution in [0.5, 0.6) is 0 Å². The molecule has 0 amide bonds. The fourth-order valence-corrected chi connectivity index (χ4v) is 1.69. The van der Waals surface area contributed by atoms with E-state index in [-0.39, 0.29) is 17.4 Å². The van der Waals surface area contributed by atoms with Gasteiger partial charge in [0.1, 0.15) is 0 Å². The Labute approximate surface area is 93.1 Å². The molecule has 15 heavy (non-hydrogen) atoms. The first kappa shape index (κ1) is 12.3. The molecule has 2 atom stereocenters. The van der Waals surface area contributed by atoms with E-state index in [0.29, 0.717) is 0 Å². The largest absolute Gasteiger partial charge is 0.388 e. The standard InChI is InChI=1S/C14H22O/c1-5-14(3,4)11(2)13(15)12-9-7-6-8-10-12/h6-11,13,15H,5H2,1-4H3. The first-order chi connectivity index (χ1) is 6.99. The minimum atomic E-state index is -0.360. The molecule has 2 unspecified atom stereocenters. The molecule has 0 aliphatic rings. The van der Waals surface area contributed by atoms with Crippen molar-refractivity contribution in [3.8, 4) is 0 Å². The van der Waals surface area contributed by atoms with E-state index in [0.717, 1.165) is 12.0 Å². The van der Waals surface area contributed by atoms with Gasteiger partial charge in [0.25, 0.3) is 0 Å². The predicted molar refractivity (Wildman–Crippen MR) is 64.6 cm³/mol. The molecule has 0 bridgehead atoms. The van der Waals surface area contributed by atoms with Gasteiger partial charge >= 0.3 is 0 Å². The number of hydrogen-bond acceptors (Lipinski definition) is 1. The average molecular weight is 206 g/mol. The van der Waals surface area contributed by atoms with Gasteiger partial charge in [-0.25, -0.2) is 0 Å². The van der Waals surface area contributed by atoms with Crippen LogP contribution in [0.3, 0.4) is 0 Å². The van der Waals surface area contributed by atoms with Crippen LogP contribution in [-0.2, 0) is 0 Å². The number of benzene rings is 1. The van der Waals surface area contributed by atoms with Crippen LogP contribution in [0.2, 0.25) is 0 Å². The molecule has 1 rings (SSSR count). The summed E-state index contributed by atoms with van der Waals surface area (Å²) in [6.45, 7) is 8.73. The zero-order chi connectivity index (χ0) is 11.5. The summed E-state index contributed by atoms with van der Waals surface area (Å²) in [5.41, 5.74) is 1.20. The molecular weight excluding hydrogens is 184 g/mol. The van der Waals surface area contributed by atoms with Crippen LogP contribution in [0, 0.1) is 11.3 Å². The molecule has 0 radical (unpaired) electrons. The highest BCUT2D eigenvalue weighted by molar-refractivity contribution is 5.18. The van der Waals surface area contributed by atoms with Crippen molar-refractivity contribution in [2.75, 3.05) is 0 Å². The predicted octanol–water partition coefficient (Wildman–Crippen LogP) is 3.79. The van der Waals surface area contributed by atoms with Gasteiger partial charge in [-0.2, -0.15) is 0 Å². The number of aliphatic hydroxyl groups is 1. The quantitative estimate of drug-likeness (QED) is 0.794. The third-order valence-electron chi connectivity index (χ3n) is 3.76. The van der Waals surface area contributed by atoms with E-state index in [2.05, 4.69) is 27.7 Å². The Morgan fingerprint density at radius 3 is 2.20 bits per heavy atom. The third-order valence-corrected chi connectivity index (χ3v) is 3.76. The maximum absolute atomic E-state index is 10.3. The molecule has 0 saturated carbocycles. The summed E-state index contributed by atoms with van der Waals surface area (Å²) in [5.74, 6) is 0.268. The first-order valence-electron chi connectivity index (χ1n) is 5.72. The van der Waals surface area contributed by atoms with Gasteiger partial charge in [-0.3, -0.25) is 0 Å². The molecule has 0 aromatic heterocycles. The van der Waals surface area contributed by atoms with E-state index in [1.54, 1.807) is 0 Å². The van der Waals surface area contributed by atoms with Crippen LogP contribution in [0.4, 0.5) is 0 Å². The summed E-state index contributed by atoms with van der Waals surface area (Å²) in [5, 5.41) is 10.3. The van der Waals surface area contributed by atoms with Crippen molar-refractivity contribution in [3.05, 3.63) is 35.9 Å². The topological polar surface area (TPSA) is 20.2 Å². The van der Waals surface area contributed by atoms with Crippen molar-refractivity contribution < 1.29 is 5.11 Å². The molecule has 1 aromatic rings. The van der Waals surface area contributed by atoms with Crippen molar-refractivity contribution in [1.82, 2.24) is 0 Å². The fraction of sp³-hybridized carbons (Fsp3) is 0.571. The molecule has 0 saturated heterocycles. The average Bonchev–Trinajstić information content (AvgIpc) is 2.28. The van der Waals surface area contributed by atoms with Gasteiger partial charge < -0.3 is 5.11 Å². The minimum Gasteiger partial charge on any atom is -0.388 e. The highest BCUT2D eigenvalue weighted by atomic mass is 16.3. The van der Waals surface area contributed by atoms with Gasteiger partial charge in [0, 0.05) is 0 Å². The monoisotopic (exact) mass is 206 g/mol. The van der Waals surface area contributed by atoms with E-state index in [1.807, 2.05) is 30.3 Å². The Kier molecular flexibility index (Phi) is 3.92. The van der Waals surface area contributed by atoms with Gasteiger partial charge in [-0.1, -0.05) is 64.4 Å². The van der Waals surface area contributed by atoms with Crippen molar-refractivity contribution in [2.24, 2.45) is 11.3 Å². The Bertz CT molecular complexity index is 289. The van der Waals surface area contributed by atoms with Gasteiger partial charge in [0.2, 0.25) is 0 Å². The molecule has 1 aromatic carbocycles. The van der Waals surface area contributed by atoms with Crippen LogP contribution in [0.25, 0.3) is 0 Å². The second-order valence-corrected chi connectivity index (χ2v) is 4.99. The maximum atomic E-state index is 10.3. The minimum absolute atomic E-state index is 0.176. The van der Waals surface area contributed by atoms with Crippen LogP contribution in [-0.4, -0.2) is 5.11 Å². The van der Waals surface area contributed by atoms with Crippen molar-refractivity contribution in [3.63, 3.8) is 0 Å². The van der Waals surface area contributed by atoms with E-state index in [1.165, 1.54) is 0 Å². The first-order valence-corrected chi connectivity index (χ1v) is 5.72. The molecule has 0 heterocycles. The highest BCUT2D eigenvalue weighted by Gasteiger charge is 2.30. The van der Waals surface area contributed by atoms with Gasteiger partial charge in [0.05, 0.1) is 6.10 Å². The molecule has 84 valence electrons. The molecule has 0 aliphatic carbocycles. The second-order valence-electron chi connectivity index (χ2n) is 4.99. The van der Waals surface area contributed by atoms with Crippen LogP contribution >= 0.6 is 0 Å². The molecule has 0 fully saturated rings. The molecule has 0 spiro atoms. The van der Waals surface area contributed by atoms with Crippen molar-refractivity contribution in [1.29, 1.82) is 0 Å². The number of aliphatic hydroxyl groups excluding tert-OH is 1. The summed E-state index contributed by atoms with van der Waals surface area (Å²) in [7, 11) is 0. The normalized spacial score (nSPS) is 16.1. The molecular formula is C14H22O. The molecule has 1 nitrogen and oxygen atoms in total. The Balaban J connectivity index is 2.82. The smallest absolute Gasteiger partial charge is 0.0820 e. The second kappa shape index (κ2) is 4.80. The lowest BCUT2D eigenvalue weighted by atomic mass is 9.73. The van der Waals surface area contributed by atoms with Gasteiger partial charge in [0.15, 0.2) is 0 Å². The third kappa shape index (κ3) is 2.82. The van der Waals surface area contributed by atoms with Crippen molar-refractivity contribution >= 4 is 0 Å². The van der Waals surface area contributed by atoms with Crippen LogP contribution < -0.4 is 0 Å². The van der Waals surface area contributed by atoms with E-state index in [9.17, 15) is 5.11 Å². The van der Waals surface area contributed by atoms with E-state index in [4.69, 9.17) is 0 Å². The molecule has 0 aliphatic heterocycles. The lowest BCUT2D eigenvalue weighted by Crippen LogP contribution is -2.26. The fourth-order valence-electron chi connectivity index (χ4n) is 1.69. The lowest BCUT2D eigenvalue weighted by Gasteiger charge is -2.34. The van der Waals surface area contributed by atoms with E-state index < -0.39 is 0 Å². The zero-order valence-corrected chi connectivity index (χ0v) is 10.2. The van der Waals surface area contributed by atoms with Crippen LogP contribution in [0.1, 0.15) is 45.8 Å². The highest BCUT2D eigenvalue weighted by Crippen LogP contribution is 2.38. The summed E-state index contributed by atoms with van der Waals surface area (Å²) in [4.78, 5) is 0. The Morgan fingerprint density at radius 2 is 1.73 bits per heavy atom. The number of rotatable bonds is 4. The Hall–Kier alpha value is -0.820. The van der Waals surface area contributed by atoms with Gasteiger partial charge in [-0.15, -0.1) is 0 Å². The SMILES string of the molecule is CCC(C)(C)C(C)C(O)c1ccccc1. The van der Waals surface area contributed by atoms with E-state index >= 15 is 0 Å². The van der Waals surface area contributed by atoms with Crippen LogP contribution in [0.15, 0.2) is 30.3 Å². The molecule has 1 N–H and O–H groups in total. The lowest BCUT2D eigenvalue weighted by molar-refractivity contribution is 0.0423.